The van der Waals surface area contributed by atoms with E-state index in [0.717, 1.165) is 22.5 Å². The van der Waals surface area contributed by atoms with Gasteiger partial charge in [0.25, 0.3) is 0 Å². The summed E-state index contributed by atoms with van der Waals surface area (Å²) in [4.78, 5) is 1.23. The van der Waals surface area contributed by atoms with Crippen LogP contribution >= 0.6 is 27.3 Å². The van der Waals surface area contributed by atoms with E-state index in [4.69, 9.17) is 4.74 Å². The van der Waals surface area contributed by atoms with Crippen molar-refractivity contribution in [2.75, 3.05) is 13.7 Å². The van der Waals surface area contributed by atoms with Gasteiger partial charge in [0.05, 0.1) is 19.3 Å². The zero-order chi connectivity index (χ0) is 13.1. The monoisotopic (exact) mass is 329 g/mol. The van der Waals surface area contributed by atoms with Crippen molar-refractivity contribution < 1.29 is 4.74 Å². The van der Waals surface area contributed by atoms with E-state index >= 15 is 0 Å². The summed E-state index contributed by atoms with van der Waals surface area (Å²) in [7, 11) is 3.61. The van der Waals surface area contributed by atoms with Crippen LogP contribution in [-0.2, 0) is 7.05 Å². The zero-order valence-electron chi connectivity index (χ0n) is 10.6. The van der Waals surface area contributed by atoms with E-state index in [2.05, 4.69) is 44.7 Å². The molecule has 2 aromatic heterocycles. The lowest BCUT2D eigenvalue weighted by Crippen LogP contribution is -2.24. The maximum atomic E-state index is 5.40. The molecule has 0 amide bonds. The fraction of sp³-hybridized carbons (Fsp3) is 0.417. The average Bonchev–Trinajstić information content (AvgIpc) is 2.93. The van der Waals surface area contributed by atoms with Crippen molar-refractivity contribution in [1.82, 2.24) is 15.1 Å². The predicted octanol–water partition coefficient (Wildman–Crippen LogP) is 2.95. The van der Waals surface area contributed by atoms with Gasteiger partial charge in [-0.2, -0.15) is 5.10 Å². The molecular formula is C12H16BrN3OS. The van der Waals surface area contributed by atoms with Gasteiger partial charge in [-0.15, -0.1) is 11.3 Å². The van der Waals surface area contributed by atoms with Crippen molar-refractivity contribution in [3.05, 3.63) is 32.7 Å². The van der Waals surface area contributed by atoms with Crippen LogP contribution < -0.4 is 10.1 Å². The SMILES string of the molecule is CCNC(c1sccc1Br)c1c(OC)cnn1C. The molecule has 2 heterocycles. The van der Waals surface area contributed by atoms with Crippen LogP contribution in [0.4, 0.5) is 0 Å². The topological polar surface area (TPSA) is 39.1 Å². The molecule has 98 valence electrons. The molecular weight excluding hydrogens is 314 g/mol. The van der Waals surface area contributed by atoms with E-state index in [1.807, 2.05) is 11.7 Å². The summed E-state index contributed by atoms with van der Waals surface area (Å²) in [6, 6.07) is 2.15. The Balaban J connectivity index is 2.47. The molecule has 0 bridgehead atoms. The molecule has 1 atom stereocenters. The minimum atomic E-state index is 0.0897. The quantitative estimate of drug-likeness (QED) is 0.916. The lowest BCUT2D eigenvalue weighted by atomic mass is 10.1. The second-order valence-electron chi connectivity index (χ2n) is 3.85. The smallest absolute Gasteiger partial charge is 0.161 e. The number of nitrogens with zero attached hydrogens (tertiary/aromatic N) is 2. The molecule has 0 radical (unpaired) electrons. The first-order chi connectivity index (χ1) is 8.69. The first kappa shape index (κ1) is 13.6. The summed E-state index contributed by atoms with van der Waals surface area (Å²) < 4.78 is 8.37. The molecule has 0 fully saturated rings. The van der Waals surface area contributed by atoms with E-state index in [-0.39, 0.29) is 6.04 Å². The number of rotatable bonds is 5. The first-order valence-corrected chi connectivity index (χ1v) is 7.38. The number of hydrogen-bond acceptors (Lipinski definition) is 4. The third-order valence-electron chi connectivity index (χ3n) is 2.76. The number of nitrogens with one attached hydrogen (secondary N) is 1. The van der Waals surface area contributed by atoms with Gasteiger partial charge < -0.3 is 10.1 Å². The van der Waals surface area contributed by atoms with Gasteiger partial charge in [0.2, 0.25) is 0 Å². The Morgan fingerprint density at radius 3 is 2.94 bits per heavy atom. The lowest BCUT2D eigenvalue weighted by molar-refractivity contribution is 0.401. The highest BCUT2D eigenvalue weighted by Crippen LogP contribution is 2.36. The predicted molar refractivity (Wildman–Crippen MR) is 77.3 cm³/mol. The van der Waals surface area contributed by atoms with Gasteiger partial charge in [-0.25, -0.2) is 0 Å². The molecule has 1 N–H and O–H groups in total. The molecule has 4 nitrogen and oxygen atoms in total. The molecule has 1 unspecified atom stereocenters. The highest BCUT2D eigenvalue weighted by molar-refractivity contribution is 9.10. The first-order valence-electron chi connectivity index (χ1n) is 5.71. The van der Waals surface area contributed by atoms with E-state index in [9.17, 15) is 0 Å². The Bertz CT molecular complexity index is 523. The number of hydrogen-bond donors (Lipinski definition) is 1. The van der Waals surface area contributed by atoms with Crippen molar-refractivity contribution in [3.8, 4) is 5.75 Å². The number of thiophene rings is 1. The second kappa shape index (κ2) is 5.86. The Kier molecular flexibility index (Phi) is 4.42. The summed E-state index contributed by atoms with van der Waals surface area (Å²) in [6.07, 6.45) is 1.75. The number of aromatic nitrogens is 2. The van der Waals surface area contributed by atoms with Crippen LogP contribution in [0.3, 0.4) is 0 Å². The molecule has 2 rings (SSSR count). The molecule has 2 aromatic rings. The standard InChI is InChI=1S/C12H16BrN3OS/c1-4-14-10(12-8(13)5-6-18-12)11-9(17-3)7-15-16(11)2/h5-7,10,14H,4H2,1-3H3. The maximum Gasteiger partial charge on any atom is 0.161 e. The van der Waals surface area contributed by atoms with Crippen LogP contribution in [0.15, 0.2) is 22.1 Å². The highest BCUT2D eigenvalue weighted by atomic mass is 79.9. The maximum absolute atomic E-state index is 5.40. The third-order valence-corrected chi connectivity index (χ3v) is 4.69. The van der Waals surface area contributed by atoms with Gasteiger partial charge in [0.15, 0.2) is 5.75 Å². The minimum absolute atomic E-state index is 0.0897. The average molecular weight is 330 g/mol. The Morgan fingerprint density at radius 1 is 1.61 bits per heavy atom. The molecule has 0 saturated heterocycles. The van der Waals surface area contributed by atoms with Crippen molar-refractivity contribution >= 4 is 27.3 Å². The van der Waals surface area contributed by atoms with E-state index < -0.39 is 0 Å². The number of halogens is 1. The summed E-state index contributed by atoms with van der Waals surface area (Å²) >= 11 is 5.31. The molecule has 0 spiro atoms. The van der Waals surface area contributed by atoms with Crippen LogP contribution in [0.5, 0.6) is 5.75 Å². The van der Waals surface area contributed by atoms with Crippen molar-refractivity contribution in [2.45, 2.75) is 13.0 Å². The molecule has 0 aliphatic rings. The normalized spacial score (nSPS) is 12.7. The molecule has 0 aliphatic heterocycles. The molecule has 0 aromatic carbocycles. The van der Waals surface area contributed by atoms with Crippen molar-refractivity contribution in [2.24, 2.45) is 7.05 Å². The van der Waals surface area contributed by atoms with Crippen LogP contribution in [0.25, 0.3) is 0 Å². The molecule has 6 heteroatoms. The zero-order valence-corrected chi connectivity index (χ0v) is 13.0. The minimum Gasteiger partial charge on any atom is -0.493 e. The van der Waals surface area contributed by atoms with Crippen molar-refractivity contribution in [3.63, 3.8) is 0 Å². The third kappa shape index (κ3) is 2.46. The highest BCUT2D eigenvalue weighted by Gasteiger charge is 2.24. The fourth-order valence-electron chi connectivity index (χ4n) is 1.94. The number of methoxy groups -OCH3 is 1. The van der Waals surface area contributed by atoms with Crippen LogP contribution in [0, 0.1) is 0 Å². The number of ether oxygens (including phenoxy) is 1. The largest absolute Gasteiger partial charge is 0.493 e. The van der Waals surface area contributed by atoms with Gasteiger partial charge in [-0.3, -0.25) is 4.68 Å². The lowest BCUT2D eigenvalue weighted by Gasteiger charge is -2.19. The van der Waals surface area contributed by atoms with Gasteiger partial charge in [-0.05, 0) is 33.9 Å². The van der Waals surface area contributed by atoms with Crippen LogP contribution in [-0.4, -0.2) is 23.4 Å². The van der Waals surface area contributed by atoms with E-state index in [1.54, 1.807) is 24.6 Å². The summed E-state index contributed by atoms with van der Waals surface area (Å²) in [5.41, 5.74) is 1.04. The van der Waals surface area contributed by atoms with Crippen molar-refractivity contribution in [1.29, 1.82) is 0 Å². The Morgan fingerprint density at radius 2 is 2.39 bits per heavy atom. The van der Waals surface area contributed by atoms with E-state index in [1.165, 1.54) is 4.88 Å². The van der Waals surface area contributed by atoms with Gasteiger partial charge in [0.1, 0.15) is 5.69 Å². The van der Waals surface area contributed by atoms with E-state index in [0.29, 0.717) is 0 Å². The summed E-state index contributed by atoms with van der Waals surface area (Å²) in [6.45, 7) is 2.97. The Hall–Kier alpha value is -0.850. The van der Waals surface area contributed by atoms with Gasteiger partial charge in [0, 0.05) is 16.4 Å². The van der Waals surface area contributed by atoms with Gasteiger partial charge >= 0.3 is 0 Å². The Labute approximate surface area is 119 Å². The molecule has 18 heavy (non-hydrogen) atoms. The fourth-order valence-corrected chi connectivity index (χ4v) is 3.62. The van der Waals surface area contributed by atoms with Gasteiger partial charge in [-0.1, -0.05) is 6.92 Å². The summed E-state index contributed by atoms with van der Waals surface area (Å²) in [5.74, 6) is 0.809. The molecule has 0 aliphatic carbocycles. The van der Waals surface area contributed by atoms with Crippen LogP contribution in [0.1, 0.15) is 23.5 Å². The summed E-state index contributed by atoms with van der Waals surface area (Å²) in [5, 5.41) is 9.83. The number of aryl methyl sites for hydroxylation is 1. The second-order valence-corrected chi connectivity index (χ2v) is 5.65. The molecule has 0 saturated carbocycles. The van der Waals surface area contributed by atoms with Crippen LogP contribution in [0.2, 0.25) is 0 Å².